The molecule has 5 heteroatoms. The summed E-state index contributed by atoms with van der Waals surface area (Å²) in [6.07, 6.45) is 0. The van der Waals surface area contributed by atoms with E-state index in [1.807, 2.05) is 0 Å². The van der Waals surface area contributed by atoms with Crippen molar-refractivity contribution in [2.24, 2.45) is 0 Å². The Balaban J connectivity index is 3.05. The molecule has 0 saturated carbocycles. The van der Waals surface area contributed by atoms with Gasteiger partial charge in [0.1, 0.15) is 5.10 Å². The number of hydrogen-bond donors (Lipinski definition) is 1. The van der Waals surface area contributed by atoms with E-state index in [0.29, 0.717) is 0 Å². The fraction of sp³-hybridized carbons (Fsp3) is 0. The van der Waals surface area contributed by atoms with Crippen molar-refractivity contribution in [2.45, 2.75) is 0 Å². The predicted octanol–water partition coefficient (Wildman–Crippen LogP) is -0.728. The van der Waals surface area contributed by atoms with E-state index in [-0.39, 0.29) is 5.28 Å². The molecule has 1 heterocycles. The molecule has 0 atom stereocenters. The molecule has 0 aliphatic carbocycles. The van der Waals surface area contributed by atoms with E-state index in [4.69, 9.17) is 11.6 Å². The molecule has 0 bridgehead atoms. The van der Waals surface area contributed by atoms with Crippen LogP contribution in [0.5, 0.6) is 0 Å². The topological polar surface area (TPSA) is 55.7 Å². The van der Waals surface area contributed by atoms with E-state index in [1.165, 1.54) is 0 Å². The van der Waals surface area contributed by atoms with E-state index in [9.17, 15) is 0 Å². The largest absolute Gasteiger partial charge is 0.392 e. The Kier molecular flexibility index (Phi) is 0.719. The molecule has 0 aromatic carbocycles. The van der Waals surface area contributed by atoms with Crippen LogP contribution < -0.4 is 5.10 Å². The van der Waals surface area contributed by atoms with Crippen LogP contribution in [0.15, 0.2) is 0 Å². The molecular weight excluding hydrogens is 103 g/mol. The molecule has 1 rings (SSSR count). The van der Waals surface area contributed by atoms with E-state index < -0.39 is 0 Å². The highest BCUT2D eigenvalue weighted by Crippen LogP contribution is 1.82. The second kappa shape index (κ2) is 1.22. The van der Waals surface area contributed by atoms with E-state index in [0.717, 1.165) is 0 Å². The normalized spacial score (nSPS) is 8.83. The summed E-state index contributed by atoms with van der Waals surface area (Å²) < 4.78 is 0. The van der Waals surface area contributed by atoms with Crippen molar-refractivity contribution in [2.75, 3.05) is 0 Å². The van der Waals surface area contributed by atoms with Crippen LogP contribution in [0.1, 0.15) is 0 Å². The average Bonchev–Trinajstić information content (AvgIpc) is 1.86. The SMILES string of the molecule is Clc1nn[nH][nH+]1. The first-order chi connectivity index (χ1) is 2.89. The van der Waals surface area contributed by atoms with E-state index >= 15 is 0 Å². The predicted molar refractivity (Wildman–Crippen MR) is 17.9 cm³/mol. The van der Waals surface area contributed by atoms with Gasteiger partial charge in [0.25, 0.3) is 0 Å². The van der Waals surface area contributed by atoms with Gasteiger partial charge in [-0.05, 0) is 11.6 Å². The molecule has 0 radical (unpaired) electrons. The van der Waals surface area contributed by atoms with Crippen LogP contribution in [0.4, 0.5) is 0 Å². The minimum absolute atomic E-state index is 0.273. The number of rotatable bonds is 0. The smallest absolute Gasteiger partial charge is 0.162 e. The molecular formula is CH2ClN4+. The third-order valence-electron chi connectivity index (χ3n) is 0.347. The summed E-state index contributed by atoms with van der Waals surface area (Å²) in [4.78, 5) is 0. The highest BCUT2D eigenvalue weighted by molar-refractivity contribution is 6.27. The quantitative estimate of drug-likeness (QED) is 0.473. The summed E-state index contributed by atoms with van der Waals surface area (Å²) in [5.41, 5.74) is 0. The zero-order valence-corrected chi connectivity index (χ0v) is 3.53. The standard InChI is InChI=1S/CHClN4/c2-1-3-5-6-4-1/h(H,3,4,5,6)/p+1. The Bertz CT molecular complexity index is 111. The number of tetrazole rings is 1. The van der Waals surface area contributed by atoms with Crippen LogP contribution in [0.25, 0.3) is 0 Å². The molecule has 0 amide bonds. The van der Waals surface area contributed by atoms with Gasteiger partial charge in [-0.3, -0.25) is 0 Å². The highest BCUT2D eigenvalue weighted by Gasteiger charge is 1.93. The summed E-state index contributed by atoms with van der Waals surface area (Å²) in [5.74, 6) is 0. The zero-order chi connectivity index (χ0) is 4.41. The minimum atomic E-state index is 0.273. The maximum absolute atomic E-state index is 5.19. The number of nitrogens with zero attached hydrogens (tertiary/aromatic N) is 2. The summed E-state index contributed by atoms with van der Waals surface area (Å²) in [5, 5.41) is 11.6. The molecule has 0 unspecified atom stereocenters. The Morgan fingerprint density at radius 1 is 1.83 bits per heavy atom. The molecule has 0 saturated heterocycles. The molecule has 0 aliphatic rings. The Morgan fingerprint density at radius 2 is 2.67 bits per heavy atom. The zero-order valence-electron chi connectivity index (χ0n) is 2.77. The Labute approximate surface area is 38.5 Å². The Hall–Kier alpha value is -0.640. The molecule has 6 heavy (non-hydrogen) atoms. The monoisotopic (exact) mass is 105 g/mol. The molecule has 2 N–H and O–H groups in total. The lowest BCUT2D eigenvalue weighted by Crippen LogP contribution is -2.00. The van der Waals surface area contributed by atoms with Gasteiger partial charge in [0, 0.05) is 0 Å². The van der Waals surface area contributed by atoms with Gasteiger partial charge in [-0.2, -0.15) is 5.10 Å². The van der Waals surface area contributed by atoms with E-state index in [1.54, 1.807) is 0 Å². The minimum Gasteiger partial charge on any atom is -0.162 e. The number of halogens is 1. The molecule has 0 fully saturated rings. The third kappa shape index (κ3) is 0.463. The van der Waals surface area contributed by atoms with Gasteiger partial charge in [0.2, 0.25) is 0 Å². The van der Waals surface area contributed by atoms with Crippen molar-refractivity contribution in [3.05, 3.63) is 5.28 Å². The van der Waals surface area contributed by atoms with E-state index in [2.05, 4.69) is 20.6 Å². The van der Waals surface area contributed by atoms with Crippen LogP contribution in [0.3, 0.4) is 0 Å². The van der Waals surface area contributed by atoms with Gasteiger partial charge in [-0.15, -0.1) is 0 Å². The summed E-state index contributed by atoms with van der Waals surface area (Å²) in [7, 11) is 0. The summed E-state index contributed by atoms with van der Waals surface area (Å²) in [6.45, 7) is 0. The van der Waals surface area contributed by atoms with Gasteiger partial charge in [0.15, 0.2) is 5.21 Å². The molecule has 1 aromatic heterocycles. The lowest BCUT2D eigenvalue weighted by atomic mass is 11.4. The van der Waals surface area contributed by atoms with Crippen LogP contribution >= 0.6 is 11.6 Å². The van der Waals surface area contributed by atoms with Crippen molar-refractivity contribution >= 4 is 11.6 Å². The van der Waals surface area contributed by atoms with Crippen molar-refractivity contribution in [1.82, 2.24) is 15.5 Å². The highest BCUT2D eigenvalue weighted by atomic mass is 35.5. The Morgan fingerprint density at radius 3 is 2.83 bits per heavy atom. The number of nitrogens with one attached hydrogen (secondary N) is 2. The first kappa shape index (κ1) is 3.55. The number of aromatic nitrogens is 4. The second-order valence-electron chi connectivity index (χ2n) is 0.728. The fourth-order valence-electron chi connectivity index (χ4n) is 0.165. The summed E-state index contributed by atoms with van der Waals surface area (Å²) in [6, 6.07) is 0. The average molecular weight is 106 g/mol. The molecule has 4 nitrogen and oxygen atoms in total. The number of aromatic amines is 2. The lowest BCUT2D eigenvalue weighted by molar-refractivity contribution is -0.453. The third-order valence-corrected chi connectivity index (χ3v) is 0.517. The van der Waals surface area contributed by atoms with Crippen molar-refractivity contribution in [1.29, 1.82) is 0 Å². The number of hydrogen-bond acceptors (Lipinski definition) is 2. The lowest BCUT2D eigenvalue weighted by Gasteiger charge is -1.48. The van der Waals surface area contributed by atoms with Crippen LogP contribution in [-0.2, 0) is 0 Å². The second-order valence-corrected chi connectivity index (χ2v) is 1.09. The van der Waals surface area contributed by atoms with Gasteiger partial charge in [0.05, 0.1) is 0 Å². The van der Waals surface area contributed by atoms with Crippen molar-refractivity contribution in [3.8, 4) is 0 Å². The van der Waals surface area contributed by atoms with Crippen LogP contribution in [0, 0.1) is 0 Å². The fourth-order valence-corrected chi connectivity index (χ4v) is 0.245. The first-order valence-corrected chi connectivity index (χ1v) is 1.71. The number of H-pyrrole nitrogens is 2. The van der Waals surface area contributed by atoms with Gasteiger partial charge in [-0.25, -0.2) is 0 Å². The van der Waals surface area contributed by atoms with Gasteiger partial charge in [-0.1, -0.05) is 5.21 Å². The molecule has 0 spiro atoms. The molecule has 32 valence electrons. The molecule has 1 aromatic rings. The van der Waals surface area contributed by atoms with Gasteiger partial charge >= 0.3 is 5.28 Å². The summed E-state index contributed by atoms with van der Waals surface area (Å²) >= 11 is 5.19. The first-order valence-electron chi connectivity index (χ1n) is 1.34. The van der Waals surface area contributed by atoms with Crippen LogP contribution in [0.2, 0.25) is 5.28 Å². The maximum atomic E-state index is 5.19. The maximum Gasteiger partial charge on any atom is 0.392 e. The van der Waals surface area contributed by atoms with Crippen molar-refractivity contribution in [3.63, 3.8) is 0 Å². The van der Waals surface area contributed by atoms with Crippen molar-refractivity contribution < 1.29 is 5.10 Å². The molecule has 0 aliphatic heterocycles. The van der Waals surface area contributed by atoms with Gasteiger partial charge < -0.3 is 0 Å². The van der Waals surface area contributed by atoms with Crippen LogP contribution in [-0.4, -0.2) is 15.5 Å².